The van der Waals surface area contributed by atoms with E-state index in [1.54, 1.807) is 14.2 Å². The van der Waals surface area contributed by atoms with Crippen LogP contribution in [0, 0.1) is 0 Å². The van der Waals surface area contributed by atoms with E-state index in [1.807, 2.05) is 24.3 Å². The van der Waals surface area contributed by atoms with E-state index in [0.29, 0.717) is 0 Å². The third-order valence-corrected chi connectivity index (χ3v) is 5.90. The van der Waals surface area contributed by atoms with E-state index in [0.717, 1.165) is 59.1 Å². The Morgan fingerprint density at radius 3 is 1.97 bits per heavy atom. The van der Waals surface area contributed by atoms with Crippen LogP contribution in [-0.4, -0.2) is 63.1 Å². The van der Waals surface area contributed by atoms with Gasteiger partial charge in [-0.2, -0.15) is 0 Å². The van der Waals surface area contributed by atoms with Crippen molar-refractivity contribution in [2.75, 3.05) is 40.6 Å². The molecule has 0 radical (unpaired) electrons. The van der Waals surface area contributed by atoms with Crippen LogP contribution in [0.4, 0.5) is 0 Å². The first-order chi connectivity index (χ1) is 16.4. The van der Waals surface area contributed by atoms with Gasteiger partial charge in [-0.25, -0.2) is 0 Å². The second-order valence-electron chi connectivity index (χ2n) is 9.06. The van der Waals surface area contributed by atoms with Crippen LogP contribution in [0.2, 0.25) is 0 Å². The maximum absolute atomic E-state index is 10.2. The smallest absolute Gasteiger partial charge is 0.131 e. The van der Waals surface area contributed by atoms with Crippen molar-refractivity contribution in [2.24, 2.45) is 0 Å². The van der Waals surface area contributed by atoms with Crippen LogP contribution < -0.4 is 9.47 Å². The molecule has 1 aliphatic rings. The second-order valence-corrected chi connectivity index (χ2v) is 9.06. The first-order valence-electron chi connectivity index (χ1n) is 11.9. The number of fused-ring (bicyclic) bond motifs is 2. The van der Waals surface area contributed by atoms with Crippen LogP contribution in [0.1, 0.15) is 37.8 Å². The summed E-state index contributed by atoms with van der Waals surface area (Å²) < 4.78 is 22.6. The van der Waals surface area contributed by atoms with Crippen LogP contribution in [0.15, 0.2) is 47.6 Å². The van der Waals surface area contributed by atoms with Crippen molar-refractivity contribution in [2.45, 2.75) is 51.7 Å². The van der Waals surface area contributed by atoms with E-state index >= 15 is 0 Å². The Kier molecular flexibility index (Phi) is 9.96. The molecule has 0 aromatic heterocycles. The number of aliphatic hydroxyl groups excluding tert-OH is 2. The zero-order valence-electron chi connectivity index (χ0n) is 20.8. The molecule has 2 N–H and O–H groups in total. The van der Waals surface area contributed by atoms with Crippen LogP contribution in [0.5, 0.6) is 11.5 Å². The van der Waals surface area contributed by atoms with Gasteiger partial charge in [-0.15, -0.1) is 0 Å². The molecule has 2 unspecified atom stereocenters. The number of aliphatic hydroxyl groups is 2. The van der Waals surface area contributed by atoms with E-state index in [2.05, 4.69) is 26.0 Å². The molecule has 3 rings (SSSR count). The molecule has 2 aromatic carbocycles. The number of methoxy groups -OCH3 is 2. The van der Waals surface area contributed by atoms with Gasteiger partial charge in [0, 0.05) is 36.1 Å². The molecule has 0 aliphatic heterocycles. The van der Waals surface area contributed by atoms with Crippen LogP contribution in [0.25, 0.3) is 10.8 Å². The first kappa shape index (κ1) is 26.2. The topological polar surface area (TPSA) is 77.4 Å². The molecule has 2 aromatic rings. The highest BCUT2D eigenvalue weighted by Crippen LogP contribution is 2.44. The van der Waals surface area contributed by atoms with Gasteiger partial charge in [0.25, 0.3) is 0 Å². The predicted molar refractivity (Wildman–Crippen MR) is 135 cm³/mol. The van der Waals surface area contributed by atoms with Gasteiger partial charge in [-0.1, -0.05) is 47.6 Å². The number of rotatable bonds is 13. The lowest BCUT2D eigenvalue weighted by Gasteiger charge is -2.26. The fourth-order valence-electron chi connectivity index (χ4n) is 4.33. The minimum Gasteiger partial charge on any atom is -0.490 e. The Hall–Kier alpha value is -2.38. The standard InChI is InChI=1S/C28H38O6/c1-19(2)8-7-9-20-12-13-25-26(14-20)28(34-18-22(30)16-32-4)24-11-6-5-10-23(24)27(25)33-17-21(29)15-31-3/h5-6,8,10-12,21-22,29-30H,7,9,13-18H2,1-4H3. The highest BCUT2D eigenvalue weighted by atomic mass is 16.5. The van der Waals surface area contributed by atoms with Crippen LogP contribution >= 0.6 is 0 Å². The number of benzene rings is 2. The van der Waals surface area contributed by atoms with Crippen molar-refractivity contribution in [1.29, 1.82) is 0 Å². The predicted octanol–water partition coefficient (Wildman–Crippen LogP) is 4.38. The number of hydrogen-bond acceptors (Lipinski definition) is 6. The summed E-state index contributed by atoms with van der Waals surface area (Å²) in [5.41, 5.74) is 4.86. The average Bonchev–Trinajstić information content (AvgIpc) is 2.81. The number of hydrogen-bond donors (Lipinski definition) is 2. The van der Waals surface area contributed by atoms with Crippen molar-refractivity contribution in [3.8, 4) is 11.5 Å². The van der Waals surface area contributed by atoms with Gasteiger partial charge in [0.15, 0.2) is 0 Å². The summed E-state index contributed by atoms with van der Waals surface area (Å²) in [5, 5.41) is 22.3. The largest absolute Gasteiger partial charge is 0.490 e. The minimum atomic E-state index is -0.712. The summed E-state index contributed by atoms with van der Waals surface area (Å²) in [7, 11) is 3.13. The average molecular weight is 471 g/mol. The summed E-state index contributed by atoms with van der Waals surface area (Å²) in [5.74, 6) is 1.57. The van der Waals surface area contributed by atoms with Gasteiger partial charge in [0.1, 0.15) is 36.9 Å². The van der Waals surface area contributed by atoms with Crippen LogP contribution in [-0.2, 0) is 22.3 Å². The monoisotopic (exact) mass is 470 g/mol. The maximum atomic E-state index is 10.2. The van der Waals surface area contributed by atoms with Crippen molar-refractivity contribution >= 4 is 10.8 Å². The highest BCUT2D eigenvalue weighted by Gasteiger charge is 2.25. The van der Waals surface area contributed by atoms with Crippen molar-refractivity contribution in [3.63, 3.8) is 0 Å². The lowest BCUT2D eigenvalue weighted by atomic mass is 9.85. The molecular weight excluding hydrogens is 432 g/mol. The van der Waals surface area contributed by atoms with Crippen LogP contribution in [0.3, 0.4) is 0 Å². The summed E-state index contributed by atoms with van der Waals surface area (Å²) in [6.07, 6.45) is 6.63. The zero-order valence-corrected chi connectivity index (χ0v) is 20.8. The lowest BCUT2D eigenvalue weighted by Crippen LogP contribution is -2.24. The Morgan fingerprint density at radius 2 is 1.44 bits per heavy atom. The van der Waals surface area contributed by atoms with Gasteiger partial charge >= 0.3 is 0 Å². The molecule has 0 spiro atoms. The Balaban J connectivity index is 2.00. The van der Waals surface area contributed by atoms with Gasteiger partial charge in [0.2, 0.25) is 0 Å². The zero-order chi connectivity index (χ0) is 24.5. The Bertz CT molecular complexity index is 1010. The lowest BCUT2D eigenvalue weighted by molar-refractivity contribution is 0.0318. The fraction of sp³-hybridized carbons (Fsp3) is 0.500. The summed E-state index contributed by atoms with van der Waals surface area (Å²) in [6, 6.07) is 7.98. The molecule has 6 nitrogen and oxygen atoms in total. The number of allylic oxidation sites excluding steroid dienone is 4. The Morgan fingerprint density at radius 1 is 0.882 bits per heavy atom. The van der Waals surface area contributed by atoms with E-state index in [1.165, 1.54) is 11.1 Å². The summed E-state index contributed by atoms with van der Waals surface area (Å²) in [4.78, 5) is 0. The first-order valence-corrected chi connectivity index (χ1v) is 11.9. The van der Waals surface area contributed by atoms with Gasteiger partial charge in [0.05, 0.1) is 13.2 Å². The van der Waals surface area contributed by atoms with Gasteiger partial charge < -0.3 is 29.2 Å². The molecule has 6 heteroatoms. The molecule has 186 valence electrons. The molecule has 34 heavy (non-hydrogen) atoms. The molecule has 0 heterocycles. The molecule has 1 aliphatic carbocycles. The molecule has 0 bridgehead atoms. The maximum Gasteiger partial charge on any atom is 0.131 e. The summed E-state index contributed by atoms with van der Waals surface area (Å²) in [6.45, 7) is 4.97. The SMILES string of the molecule is COCC(O)COc1c2c(c(OCC(O)COC)c3ccccc13)CC(CCC=C(C)C)=CC2. The second kappa shape index (κ2) is 12.9. The van der Waals surface area contributed by atoms with Crippen molar-refractivity contribution in [1.82, 2.24) is 0 Å². The third-order valence-electron chi connectivity index (χ3n) is 5.90. The third kappa shape index (κ3) is 6.83. The Labute approximate surface area is 202 Å². The quantitative estimate of drug-likeness (QED) is 0.423. The van der Waals surface area contributed by atoms with Crippen molar-refractivity contribution < 1.29 is 29.2 Å². The minimum absolute atomic E-state index is 0.147. The number of ether oxygens (including phenoxy) is 4. The van der Waals surface area contributed by atoms with Gasteiger partial charge in [-0.05, 0) is 39.5 Å². The van der Waals surface area contributed by atoms with Crippen molar-refractivity contribution in [3.05, 3.63) is 58.7 Å². The van der Waals surface area contributed by atoms with E-state index in [-0.39, 0.29) is 26.4 Å². The fourth-order valence-corrected chi connectivity index (χ4v) is 4.33. The summed E-state index contributed by atoms with van der Waals surface area (Å²) >= 11 is 0. The van der Waals surface area contributed by atoms with E-state index in [9.17, 15) is 10.2 Å². The molecule has 0 amide bonds. The van der Waals surface area contributed by atoms with E-state index in [4.69, 9.17) is 18.9 Å². The molecule has 2 atom stereocenters. The normalized spacial score (nSPS) is 14.8. The molecule has 0 saturated heterocycles. The molecule has 0 saturated carbocycles. The van der Waals surface area contributed by atoms with Gasteiger partial charge in [-0.3, -0.25) is 0 Å². The highest BCUT2D eigenvalue weighted by molar-refractivity contribution is 5.96. The van der Waals surface area contributed by atoms with E-state index < -0.39 is 12.2 Å². The molecule has 0 fully saturated rings. The molecular formula is C28H38O6.